The zero-order chi connectivity index (χ0) is 23.4. The van der Waals surface area contributed by atoms with E-state index in [0.29, 0.717) is 23.5 Å². The van der Waals surface area contributed by atoms with Gasteiger partial charge in [0.25, 0.3) is 0 Å². The van der Waals surface area contributed by atoms with Gasteiger partial charge in [0.15, 0.2) is 11.5 Å². The Morgan fingerprint density at radius 3 is 2.09 bits per heavy atom. The van der Waals surface area contributed by atoms with Crippen molar-refractivity contribution in [2.75, 3.05) is 14.2 Å². The summed E-state index contributed by atoms with van der Waals surface area (Å²) in [4.78, 5) is 18.4. The van der Waals surface area contributed by atoms with Gasteiger partial charge in [0.2, 0.25) is 0 Å². The first kappa shape index (κ1) is 24.6. The molecule has 0 unspecified atom stereocenters. The van der Waals surface area contributed by atoms with Gasteiger partial charge < -0.3 is 9.47 Å². The van der Waals surface area contributed by atoms with E-state index in [9.17, 15) is 4.79 Å². The molecule has 33 heavy (non-hydrogen) atoms. The van der Waals surface area contributed by atoms with Crippen LogP contribution in [0.3, 0.4) is 0 Å². The molecule has 1 aliphatic rings. The molecule has 6 nitrogen and oxygen atoms in total. The van der Waals surface area contributed by atoms with Crippen LogP contribution >= 0.6 is 12.4 Å². The fourth-order valence-corrected chi connectivity index (χ4v) is 4.76. The van der Waals surface area contributed by atoms with Crippen LogP contribution in [0.2, 0.25) is 0 Å². The van der Waals surface area contributed by atoms with Crippen LogP contribution in [0, 0.1) is 20.8 Å². The first-order valence-electron chi connectivity index (χ1n) is 10.8. The van der Waals surface area contributed by atoms with Gasteiger partial charge in [-0.3, -0.25) is 9.13 Å². The number of hydrogen-bond acceptors (Lipinski definition) is 4. The van der Waals surface area contributed by atoms with Crippen molar-refractivity contribution in [1.29, 1.82) is 0 Å². The van der Waals surface area contributed by atoms with E-state index in [1.165, 1.54) is 5.56 Å². The second-order valence-corrected chi connectivity index (χ2v) is 9.31. The highest BCUT2D eigenvalue weighted by atomic mass is 35.5. The molecule has 1 aromatic heterocycles. The van der Waals surface area contributed by atoms with Crippen molar-refractivity contribution in [3.8, 4) is 22.8 Å². The molecule has 0 spiro atoms. The van der Waals surface area contributed by atoms with Crippen LogP contribution < -0.4 is 20.7 Å². The summed E-state index contributed by atoms with van der Waals surface area (Å²) in [5, 5.41) is 0. The quantitative estimate of drug-likeness (QED) is 0.556. The number of methoxy groups -OCH3 is 2. The van der Waals surface area contributed by atoms with Crippen LogP contribution in [0.4, 0.5) is 5.69 Å². The minimum absolute atomic E-state index is 0. The molecule has 4 rings (SSSR count). The number of rotatable bonds is 3. The van der Waals surface area contributed by atoms with Gasteiger partial charge >= 0.3 is 5.69 Å². The highest BCUT2D eigenvalue weighted by Gasteiger charge is 2.33. The number of ether oxygens (including phenoxy) is 2. The predicted molar refractivity (Wildman–Crippen MR) is 134 cm³/mol. The second-order valence-electron chi connectivity index (χ2n) is 9.31. The van der Waals surface area contributed by atoms with Crippen LogP contribution in [0.25, 0.3) is 11.3 Å². The summed E-state index contributed by atoms with van der Waals surface area (Å²) >= 11 is 0. The molecule has 7 heteroatoms. The topological polar surface area (TPSA) is 57.8 Å². The van der Waals surface area contributed by atoms with Crippen molar-refractivity contribution in [3.63, 3.8) is 0 Å². The molecule has 0 radical (unpaired) electrons. The lowest BCUT2D eigenvalue weighted by Gasteiger charge is -2.35. The number of nitrogens with zero attached hydrogens (tertiary/aromatic N) is 3. The lowest BCUT2D eigenvalue weighted by Crippen LogP contribution is -2.44. The Bertz CT molecular complexity index is 1340. The van der Waals surface area contributed by atoms with E-state index in [1.807, 2.05) is 22.8 Å². The maximum atomic E-state index is 13.4. The molecule has 0 atom stereocenters. The second kappa shape index (κ2) is 8.75. The fourth-order valence-electron chi connectivity index (χ4n) is 4.76. The van der Waals surface area contributed by atoms with E-state index in [0.717, 1.165) is 33.6 Å². The minimum atomic E-state index is -0.249. The van der Waals surface area contributed by atoms with E-state index in [1.54, 1.807) is 25.8 Å². The molecular formula is C26H32ClN3O3. The van der Waals surface area contributed by atoms with E-state index in [-0.39, 0.29) is 23.5 Å². The summed E-state index contributed by atoms with van der Waals surface area (Å²) in [6, 6.07) is 10.2. The van der Waals surface area contributed by atoms with Crippen LogP contribution in [0.5, 0.6) is 11.5 Å². The van der Waals surface area contributed by atoms with E-state index >= 15 is 0 Å². The Balaban J connectivity index is 0.00000306. The molecule has 1 aliphatic heterocycles. The van der Waals surface area contributed by atoms with Crippen molar-refractivity contribution in [2.24, 2.45) is 12.0 Å². The van der Waals surface area contributed by atoms with Gasteiger partial charge in [-0.2, -0.15) is 0 Å². The van der Waals surface area contributed by atoms with Gasteiger partial charge in [-0.15, -0.1) is 12.4 Å². The molecule has 2 heterocycles. The zero-order valence-corrected chi connectivity index (χ0v) is 21.4. The smallest absolute Gasteiger partial charge is 0.329 e. The average Bonchev–Trinajstić information content (AvgIpc) is 2.73. The van der Waals surface area contributed by atoms with E-state index in [4.69, 9.17) is 14.5 Å². The summed E-state index contributed by atoms with van der Waals surface area (Å²) in [6.07, 6.45) is 0. The first-order valence-corrected chi connectivity index (χ1v) is 10.8. The largest absolute Gasteiger partial charge is 0.493 e. The SMILES string of the molecule is COc1cc2c(cc1OC)C(C)(C)Cn1c-2c/c(=N/c2c(C)cc(C)cc2C)n(C)c1=O.Cl. The zero-order valence-electron chi connectivity index (χ0n) is 20.6. The third-order valence-electron chi connectivity index (χ3n) is 6.36. The predicted octanol–water partition coefficient (Wildman–Crippen LogP) is 4.74. The minimum Gasteiger partial charge on any atom is -0.493 e. The number of fused-ring (bicyclic) bond motifs is 3. The molecule has 0 amide bonds. The Morgan fingerprint density at radius 1 is 0.939 bits per heavy atom. The monoisotopic (exact) mass is 469 g/mol. The molecule has 0 fully saturated rings. The van der Waals surface area contributed by atoms with Crippen molar-refractivity contribution in [3.05, 3.63) is 68.6 Å². The van der Waals surface area contributed by atoms with Gasteiger partial charge in [-0.05, 0) is 49.6 Å². The molecule has 2 aromatic carbocycles. The molecule has 0 N–H and O–H groups in total. The van der Waals surface area contributed by atoms with Gasteiger partial charge in [0, 0.05) is 30.6 Å². The molecule has 0 saturated heterocycles. The number of hydrogen-bond donors (Lipinski definition) is 0. The molecule has 0 saturated carbocycles. The Kier molecular flexibility index (Phi) is 6.53. The molecule has 176 valence electrons. The van der Waals surface area contributed by atoms with Crippen molar-refractivity contribution in [1.82, 2.24) is 9.13 Å². The molecule has 0 bridgehead atoms. The molecule has 3 aromatic rings. The number of aryl methyl sites for hydroxylation is 3. The average molecular weight is 470 g/mol. The van der Waals surface area contributed by atoms with E-state index in [2.05, 4.69) is 46.8 Å². The standard InChI is InChI=1S/C26H31N3O3.ClH/c1-15-9-16(2)24(17(3)10-15)27-23-13-20-18-11-21(31-7)22(32-8)12-19(18)26(4,5)14-29(20)25(30)28(23)6;/h9-13H,14H2,1-8H3;1H/b27-23-;. The third-order valence-corrected chi connectivity index (χ3v) is 6.36. The Hall–Kier alpha value is -2.99. The summed E-state index contributed by atoms with van der Waals surface area (Å²) in [5.41, 5.74) is 7.49. The summed E-state index contributed by atoms with van der Waals surface area (Å²) < 4.78 is 14.6. The summed E-state index contributed by atoms with van der Waals surface area (Å²) in [6.45, 7) is 11.0. The lowest BCUT2D eigenvalue weighted by atomic mass is 9.78. The maximum absolute atomic E-state index is 13.4. The maximum Gasteiger partial charge on any atom is 0.329 e. The highest BCUT2D eigenvalue weighted by molar-refractivity contribution is 5.85. The van der Waals surface area contributed by atoms with Crippen molar-refractivity contribution in [2.45, 2.75) is 46.6 Å². The number of benzene rings is 2. The van der Waals surface area contributed by atoms with E-state index < -0.39 is 0 Å². The van der Waals surface area contributed by atoms with Crippen molar-refractivity contribution >= 4 is 18.1 Å². The normalized spacial score (nSPS) is 14.2. The van der Waals surface area contributed by atoms with Crippen molar-refractivity contribution < 1.29 is 9.47 Å². The number of halogens is 1. The van der Waals surface area contributed by atoms with Gasteiger partial charge in [0.1, 0.15) is 5.49 Å². The summed E-state index contributed by atoms with van der Waals surface area (Å²) in [5.74, 6) is 1.33. The Morgan fingerprint density at radius 2 is 1.52 bits per heavy atom. The summed E-state index contributed by atoms with van der Waals surface area (Å²) in [7, 11) is 5.05. The van der Waals surface area contributed by atoms with Crippen LogP contribution in [0.1, 0.15) is 36.1 Å². The fraction of sp³-hybridized carbons (Fsp3) is 0.385. The lowest BCUT2D eigenvalue weighted by molar-refractivity contribution is 0.350. The van der Waals surface area contributed by atoms with Crippen LogP contribution in [0.15, 0.2) is 40.1 Å². The third kappa shape index (κ3) is 4.08. The molecule has 0 aliphatic carbocycles. The van der Waals surface area contributed by atoms with Gasteiger partial charge in [0.05, 0.1) is 25.6 Å². The van der Waals surface area contributed by atoms with Gasteiger partial charge in [-0.1, -0.05) is 31.5 Å². The Labute approximate surface area is 200 Å². The molecular weight excluding hydrogens is 438 g/mol. The first-order chi connectivity index (χ1) is 15.1. The van der Waals surface area contributed by atoms with Gasteiger partial charge in [-0.25, -0.2) is 9.79 Å². The number of aromatic nitrogens is 2. The van der Waals surface area contributed by atoms with Crippen LogP contribution in [-0.4, -0.2) is 23.4 Å². The van der Waals surface area contributed by atoms with Crippen LogP contribution in [-0.2, 0) is 19.0 Å². The highest BCUT2D eigenvalue weighted by Crippen LogP contribution is 2.44.